The lowest BCUT2D eigenvalue weighted by Gasteiger charge is -2.11. The van der Waals surface area contributed by atoms with E-state index < -0.39 is 46.0 Å². The van der Waals surface area contributed by atoms with Crippen molar-refractivity contribution in [3.8, 4) is 39.8 Å². The molecule has 0 saturated carbocycles. The molecule has 0 aliphatic heterocycles. The van der Waals surface area contributed by atoms with Gasteiger partial charge in [0.05, 0.1) is 17.7 Å². The highest BCUT2D eigenvalue weighted by Gasteiger charge is 2.21. The van der Waals surface area contributed by atoms with Crippen molar-refractivity contribution in [2.75, 3.05) is 6.61 Å². The molecule has 0 saturated heterocycles. The summed E-state index contributed by atoms with van der Waals surface area (Å²) in [6.07, 6.45) is 8.23. The summed E-state index contributed by atoms with van der Waals surface area (Å²) in [5.74, 6) is -0.503. The van der Waals surface area contributed by atoms with Gasteiger partial charge < -0.3 is 4.74 Å². The number of ether oxygens (including phenoxy) is 1. The monoisotopic (exact) mass is 738 g/mol. The average molecular weight is 739 g/mol. The molecule has 0 radical (unpaired) electrons. The van der Waals surface area contributed by atoms with Crippen LogP contribution < -0.4 is 4.74 Å². The zero-order chi connectivity index (χ0) is 38.6. The smallest absolute Gasteiger partial charge is 0.169 e. The molecule has 1 nitrogen and oxygen atoms in total. The first kappa shape index (κ1) is 40.0. The largest absolute Gasteiger partial charge is 0.492 e. The highest BCUT2D eigenvalue weighted by molar-refractivity contribution is 5.84. The summed E-state index contributed by atoms with van der Waals surface area (Å²) in [7, 11) is 0. The summed E-state index contributed by atoms with van der Waals surface area (Å²) < 4.78 is 97.4. The molecule has 0 aliphatic carbocycles. The number of aryl methyl sites for hydroxylation is 2. The molecule has 7 heteroatoms. The zero-order valence-corrected chi connectivity index (χ0v) is 30.9. The fourth-order valence-electron chi connectivity index (χ4n) is 6.13. The molecule has 0 unspecified atom stereocenters. The summed E-state index contributed by atoms with van der Waals surface area (Å²) in [5.41, 5.74) is 2.35. The van der Waals surface area contributed by atoms with Crippen molar-refractivity contribution in [1.29, 1.82) is 0 Å². The molecule has 0 amide bonds. The first-order valence-electron chi connectivity index (χ1n) is 18.6. The maximum Gasteiger partial charge on any atom is 0.169 e. The molecular formula is C47H44F6O. The van der Waals surface area contributed by atoms with Crippen LogP contribution in [-0.2, 0) is 12.8 Å². The molecule has 0 N–H and O–H groups in total. The lowest BCUT2D eigenvalue weighted by atomic mass is 9.97. The van der Waals surface area contributed by atoms with Gasteiger partial charge in [-0.2, -0.15) is 0 Å². The van der Waals surface area contributed by atoms with Gasteiger partial charge in [0.25, 0.3) is 0 Å². The molecule has 0 bridgehead atoms. The minimum absolute atomic E-state index is 0.0245. The standard InChI is InChI=1S/C47H44F6O/c1-4-7-9-10-12-33-18-24-37(41(48)26-33)46(52)47(53)40-30-45(54-25-6-3)36(27-42(40)49)23-17-32-15-21-35(22-16-32)39-29-43(50)38(28-44(39)51)34-19-13-31(14-20-34)11-8-5-2/h13-16,18-22,24,26-30H,4-12,25H2,1-3H3/b47-46+. The van der Waals surface area contributed by atoms with Crippen LogP contribution in [-0.4, -0.2) is 6.61 Å². The third-order valence-corrected chi connectivity index (χ3v) is 9.23. The Morgan fingerprint density at radius 1 is 0.519 bits per heavy atom. The van der Waals surface area contributed by atoms with Crippen LogP contribution >= 0.6 is 0 Å². The fraction of sp³-hybridized carbons (Fsp3) is 0.277. The van der Waals surface area contributed by atoms with E-state index in [1.807, 2.05) is 19.1 Å². The lowest BCUT2D eigenvalue weighted by molar-refractivity contribution is 0.316. The first-order chi connectivity index (χ1) is 26.1. The van der Waals surface area contributed by atoms with Crippen LogP contribution in [0.5, 0.6) is 5.75 Å². The number of hydrogen-bond donors (Lipinski definition) is 0. The van der Waals surface area contributed by atoms with Gasteiger partial charge in [-0.15, -0.1) is 0 Å². The van der Waals surface area contributed by atoms with Crippen LogP contribution in [0.2, 0.25) is 0 Å². The van der Waals surface area contributed by atoms with E-state index in [-0.39, 0.29) is 29.0 Å². The van der Waals surface area contributed by atoms with Gasteiger partial charge in [-0.25, -0.2) is 26.3 Å². The predicted octanol–water partition coefficient (Wildman–Crippen LogP) is 14.0. The molecule has 0 aliphatic rings. The number of benzene rings is 5. The fourth-order valence-corrected chi connectivity index (χ4v) is 6.13. The van der Waals surface area contributed by atoms with Crippen LogP contribution in [0, 0.1) is 35.1 Å². The molecule has 5 rings (SSSR count). The quantitative estimate of drug-likeness (QED) is 0.0450. The van der Waals surface area contributed by atoms with Crippen molar-refractivity contribution >= 4 is 11.7 Å². The highest BCUT2D eigenvalue weighted by atomic mass is 19.2. The van der Waals surface area contributed by atoms with E-state index in [1.54, 1.807) is 42.5 Å². The molecule has 5 aromatic carbocycles. The Balaban J connectivity index is 1.37. The Labute approximate surface area is 314 Å². The van der Waals surface area contributed by atoms with Crippen LogP contribution in [0.3, 0.4) is 0 Å². The topological polar surface area (TPSA) is 9.23 Å². The third-order valence-electron chi connectivity index (χ3n) is 9.23. The molecular weight excluding hydrogens is 695 g/mol. The van der Waals surface area contributed by atoms with E-state index in [0.29, 0.717) is 35.1 Å². The van der Waals surface area contributed by atoms with Crippen molar-refractivity contribution in [3.63, 3.8) is 0 Å². The third kappa shape index (κ3) is 10.0. The molecule has 0 fully saturated rings. The average Bonchev–Trinajstić information content (AvgIpc) is 3.18. The van der Waals surface area contributed by atoms with Gasteiger partial charge in [-0.05, 0) is 103 Å². The Morgan fingerprint density at radius 2 is 1.09 bits per heavy atom. The first-order valence-corrected chi connectivity index (χ1v) is 18.6. The number of unbranched alkanes of at least 4 members (excludes halogenated alkanes) is 4. The minimum Gasteiger partial charge on any atom is -0.492 e. The SMILES string of the molecule is CCCCCCc1ccc(/C(F)=C(\F)c2cc(OCCC)c(C#Cc3ccc(-c4cc(F)c(-c5ccc(CCCC)cc5)cc4F)cc3)cc2F)c(F)c1. The van der Waals surface area contributed by atoms with Gasteiger partial charge in [-0.3, -0.25) is 0 Å². The maximum atomic E-state index is 15.5. The van der Waals surface area contributed by atoms with E-state index >= 15 is 22.0 Å². The van der Waals surface area contributed by atoms with Crippen LogP contribution in [0.25, 0.3) is 33.9 Å². The summed E-state index contributed by atoms with van der Waals surface area (Å²) in [6.45, 7) is 6.25. The molecule has 54 heavy (non-hydrogen) atoms. The molecule has 0 aromatic heterocycles. The van der Waals surface area contributed by atoms with Gasteiger partial charge in [0.1, 0.15) is 29.0 Å². The van der Waals surface area contributed by atoms with E-state index in [2.05, 4.69) is 25.7 Å². The zero-order valence-electron chi connectivity index (χ0n) is 30.9. The second kappa shape index (κ2) is 19.2. The Hall–Kier alpha value is -5.22. The van der Waals surface area contributed by atoms with Gasteiger partial charge in [0.15, 0.2) is 11.7 Å². The van der Waals surface area contributed by atoms with Gasteiger partial charge in [-0.1, -0.05) is 101 Å². The Kier molecular flexibility index (Phi) is 14.2. The highest BCUT2D eigenvalue weighted by Crippen LogP contribution is 2.36. The van der Waals surface area contributed by atoms with E-state index in [0.717, 1.165) is 62.6 Å². The number of hydrogen-bond acceptors (Lipinski definition) is 1. The van der Waals surface area contributed by atoms with Crippen molar-refractivity contribution < 1.29 is 31.1 Å². The normalized spacial score (nSPS) is 11.6. The van der Waals surface area contributed by atoms with Gasteiger partial charge in [0, 0.05) is 22.3 Å². The minimum atomic E-state index is -1.56. The van der Waals surface area contributed by atoms with Gasteiger partial charge >= 0.3 is 0 Å². The molecule has 0 atom stereocenters. The summed E-state index contributed by atoms with van der Waals surface area (Å²) in [5, 5.41) is 0. The summed E-state index contributed by atoms with van der Waals surface area (Å²) in [6, 6.07) is 22.2. The number of rotatable bonds is 15. The molecule has 0 spiro atoms. The van der Waals surface area contributed by atoms with Gasteiger partial charge in [0.2, 0.25) is 0 Å². The van der Waals surface area contributed by atoms with Crippen LogP contribution in [0.15, 0.2) is 91.0 Å². The second-order valence-corrected chi connectivity index (χ2v) is 13.4. The van der Waals surface area contributed by atoms with Crippen LogP contribution in [0.1, 0.15) is 99.1 Å². The Bertz CT molecular complexity index is 2140. The summed E-state index contributed by atoms with van der Waals surface area (Å²) >= 11 is 0. The Morgan fingerprint density at radius 3 is 1.70 bits per heavy atom. The van der Waals surface area contributed by atoms with Crippen molar-refractivity contribution in [2.24, 2.45) is 0 Å². The second-order valence-electron chi connectivity index (χ2n) is 13.4. The van der Waals surface area contributed by atoms with E-state index in [1.165, 1.54) is 24.3 Å². The molecule has 280 valence electrons. The summed E-state index contributed by atoms with van der Waals surface area (Å²) in [4.78, 5) is 0. The predicted molar refractivity (Wildman–Crippen MR) is 207 cm³/mol. The maximum absolute atomic E-state index is 15.5. The number of halogens is 6. The van der Waals surface area contributed by atoms with Crippen molar-refractivity contribution in [3.05, 3.63) is 148 Å². The van der Waals surface area contributed by atoms with Crippen molar-refractivity contribution in [1.82, 2.24) is 0 Å². The van der Waals surface area contributed by atoms with Crippen LogP contribution in [0.4, 0.5) is 26.3 Å². The van der Waals surface area contributed by atoms with E-state index in [4.69, 9.17) is 4.74 Å². The lowest BCUT2D eigenvalue weighted by Crippen LogP contribution is -2.01. The van der Waals surface area contributed by atoms with Crippen molar-refractivity contribution in [2.45, 2.75) is 78.6 Å². The molecule has 5 aromatic rings. The molecule has 0 heterocycles. The van der Waals surface area contributed by atoms with E-state index in [9.17, 15) is 4.39 Å².